The van der Waals surface area contributed by atoms with Gasteiger partial charge in [-0.3, -0.25) is 4.79 Å². The van der Waals surface area contributed by atoms with Gasteiger partial charge in [-0.1, -0.05) is 35.3 Å². The number of carbonyl (C=O) groups is 1. The Balaban J connectivity index is 1.63. The maximum atomic E-state index is 11.8. The first-order valence-corrected chi connectivity index (χ1v) is 8.66. The number of halogens is 2. The smallest absolute Gasteiger partial charge is 0.220 e. The summed E-state index contributed by atoms with van der Waals surface area (Å²) in [6.45, 7) is 0.633. The van der Waals surface area contributed by atoms with Crippen LogP contribution < -0.4 is 11.1 Å². The number of nitrogen functional groups attached to an aromatic ring is 1. The number of hydrogen-bond donors (Lipinski definition) is 2. The molecule has 0 saturated heterocycles. The van der Waals surface area contributed by atoms with Crippen LogP contribution in [0.1, 0.15) is 24.0 Å². The molecule has 6 heteroatoms. The Morgan fingerprint density at radius 1 is 1.18 bits per heavy atom. The van der Waals surface area contributed by atoms with E-state index in [4.69, 9.17) is 28.9 Å². The number of rotatable bonds is 7. The minimum Gasteiger partial charge on any atom is -0.399 e. The Labute approximate surface area is 144 Å². The number of hydrogen-bond acceptors (Lipinski definition) is 3. The molecule has 1 heterocycles. The summed E-state index contributed by atoms with van der Waals surface area (Å²) in [4.78, 5) is 11.8. The highest BCUT2D eigenvalue weighted by atomic mass is 35.5. The van der Waals surface area contributed by atoms with Crippen LogP contribution in [-0.2, 0) is 17.6 Å². The summed E-state index contributed by atoms with van der Waals surface area (Å²) in [7, 11) is 0. The fourth-order valence-corrected chi connectivity index (χ4v) is 3.65. The highest BCUT2D eigenvalue weighted by Gasteiger charge is 2.07. The van der Waals surface area contributed by atoms with Gasteiger partial charge in [0.15, 0.2) is 0 Å². The number of benzene rings is 1. The van der Waals surface area contributed by atoms with Crippen LogP contribution in [0.3, 0.4) is 0 Å². The van der Waals surface area contributed by atoms with Gasteiger partial charge in [-0.2, -0.15) is 0 Å². The summed E-state index contributed by atoms with van der Waals surface area (Å²) in [6.07, 6.45) is 2.83. The van der Waals surface area contributed by atoms with Crippen molar-refractivity contribution in [3.8, 4) is 0 Å². The molecule has 0 fully saturated rings. The van der Waals surface area contributed by atoms with E-state index in [0.29, 0.717) is 21.6 Å². The molecular formula is C16H18Cl2N2OS. The third kappa shape index (κ3) is 5.52. The van der Waals surface area contributed by atoms with Gasteiger partial charge in [-0.25, -0.2) is 0 Å². The minimum absolute atomic E-state index is 0.0629. The molecule has 2 aromatic rings. The zero-order valence-corrected chi connectivity index (χ0v) is 14.4. The molecule has 22 heavy (non-hydrogen) atoms. The van der Waals surface area contributed by atoms with E-state index in [0.717, 1.165) is 36.1 Å². The third-order valence-corrected chi connectivity index (χ3v) is 4.86. The van der Waals surface area contributed by atoms with Gasteiger partial charge >= 0.3 is 0 Å². The summed E-state index contributed by atoms with van der Waals surface area (Å²) in [5, 5.41) is 2.93. The van der Waals surface area contributed by atoms with Crippen LogP contribution in [0.5, 0.6) is 0 Å². The first-order chi connectivity index (χ1) is 10.5. The van der Waals surface area contributed by atoms with Crippen molar-refractivity contribution in [2.45, 2.75) is 25.7 Å². The first-order valence-electron chi connectivity index (χ1n) is 7.09. The lowest BCUT2D eigenvalue weighted by Gasteiger charge is -2.05. The normalized spacial score (nSPS) is 10.6. The molecule has 0 bridgehead atoms. The summed E-state index contributed by atoms with van der Waals surface area (Å²) in [5.74, 6) is 0.0629. The standard InChI is InChI=1S/C16H18Cl2N2OS/c17-14-10-12(16(18)22-14)2-1-3-15(21)20-9-8-11-4-6-13(19)7-5-11/h4-7,10H,1-3,8-9,19H2,(H,20,21). The van der Waals surface area contributed by atoms with Crippen LogP contribution in [0.4, 0.5) is 5.69 Å². The van der Waals surface area contributed by atoms with Gasteiger partial charge in [0, 0.05) is 18.7 Å². The lowest BCUT2D eigenvalue weighted by atomic mass is 10.1. The van der Waals surface area contributed by atoms with E-state index >= 15 is 0 Å². The van der Waals surface area contributed by atoms with Crippen molar-refractivity contribution in [2.75, 3.05) is 12.3 Å². The predicted molar refractivity (Wildman–Crippen MR) is 94.8 cm³/mol. The van der Waals surface area contributed by atoms with Crippen LogP contribution in [-0.4, -0.2) is 12.5 Å². The number of thiophene rings is 1. The highest BCUT2D eigenvalue weighted by molar-refractivity contribution is 7.20. The summed E-state index contributed by atoms with van der Waals surface area (Å²) in [5.41, 5.74) is 8.56. The highest BCUT2D eigenvalue weighted by Crippen LogP contribution is 2.31. The molecule has 3 N–H and O–H groups in total. The molecule has 1 aromatic heterocycles. The Hall–Kier alpha value is -1.23. The zero-order valence-electron chi connectivity index (χ0n) is 12.1. The third-order valence-electron chi connectivity index (χ3n) is 3.29. The topological polar surface area (TPSA) is 55.1 Å². The fraction of sp³-hybridized carbons (Fsp3) is 0.312. The molecule has 0 unspecified atom stereocenters. The first kappa shape index (κ1) is 17.1. The molecular weight excluding hydrogens is 339 g/mol. The van der Waals surface area contributed by atoms with E-state index in [1.165, 1.54) is 11.3 Å². The average molecular weight is 357 g/mol. The molecule has 0 saturated carbocycles. The van der Waals surface area contributed by atoms with Crippen LogP contribution in [0.2, 0.25) is 8.67 Å². The summed E-state index contributed by atoms with van der Waals surface area (Å²) >= 11 is 13.3. The van der Waals surface area contributed by atoms with Gasteiger partial charge in [0.05, 0.1) is 8.67 Å². The van der Waals surface area contributed by atoms with Crippen molar-refractivity contribution in [2.24, 2.45) is 0 Å². The molecule has 0 aliphatic rings. The quantitative estimate of drug-likeness (QED) is 0.725. The molecule has 0 spiro atoms. The molecule has 1 aromatic carbocycles. The van der Waals surface area contributed by atoms with Gasteiger partial charge in [-0.05, 0) is 48.6 Å². The monoisotopic (exact) mass is 356 g/mol. The number of amides is 1. The second-order valence-electron chi connectivity index (χ2n) is 5.04. The lowest BCUT2D eigenvalue weighted by Crippen LogP contribution is -2.25. The van der Waals surface area contributed by atoms with E-state index in [1.54, 1.807) is 0 Å². The number of carbonyl (C=O) groups excluding carboxylic acids is 1. The second-order valence-corrected chi connectivity index (χ2v) is 7.33. The number of nitrogens with one attached hydrogen (secondary N) is 1. The van der Waals surface area contributed by atoms with E-state index in [-0.39, 0.29) is 5.91 Å². The maximum Gasteiger partial charge on any atom is 0.220 e. The largest absolute Gasteiger partial charge is 0.399 e. The van der Waals surface area contributed by atoms with E-state index in [9.17, 15) is 4.79 Å². The predicted octanol–water partition coefficient (Wildman–Crippen LogP) is 4.32. The average Bonchev–Trinajstić information content (AvgIpc) is 2.79. The Kier molecular flexibility index (Phi) is 6.55. The van der Waals surface area contributed by atoms with Crippen LogP contribution >= 0.6 is 34.5 Å². The van der Waals surface area contributed by atoms with Crippen molar-refractivity contribution >= 4 is 46.1 Å². The van der Waals surface area contributed by atoms with Gasteiger partial charge in [0.1, 0.15) is 0 Å². The summed E-state index contributed by atoms with van der Waals surface area (Å²) < 4.78 is 1.40. The van der Waals surface area contributed by atoms with Crippen LogP contribution in [0.15, 0.2) is 30.3 Å². The molecule has 0 aliphatic carbocycles. The molecule has 118 valence electrons. The Bertz CT molecular complexity index is 626. The molecule has 0 atom stereocenters. The van der Waals surface area contributed by atoms with E-state index in [1.807, 2.05) is 30.3 Å². The van der Waals surface area contributed by atoms with Crippen molar-refractivity contribution in [1.29, 1.82) is 0 Å². The van der Waals surface area contributed by atoms with Crippen LogP contribution in [0.25, 0.3) is 0 Å². The van der Waals surface area contributed by atoms with Crippen molar-refractivity contribution in [1.82, 2.24) is 5.32 Å². The Morgan fingerprint density at radius 3 is 2.55 bits per heavy atom. The second kappa shape index (κ2) is 8.42. The maximum absolute atomic E-state index is 11.8. The number of nitrogens with two attached hydrogens (primary N) is 1. The molecule has 0 aliphatic heterocycles. The van der Waals surface area contributed by atoms with Gasteiger partial charge < -0.3 is 11.1 Å². The van der Waals surface area contributed by atoms with Crippen molar-refractivity contribution in [3.63, 3.8) is 0 Å². The fourth-order valence-electron chi connectivity index (χ4n) is 2.10. The van der Waals surface area contributed by atoms with Gasteiger partial charge in [0.25, 0.3) is 0 Å². The lowest BCUT2D eigenvalue weighted by molar-refractivity contribution is -0.121. The molecule has 1 amide bonds. The SMILES string of the molecule is Nc1ccc(CCNC(=O)CCCc2cc(Cl)sc2Cl)cc1. The van der Waals surface area contributed by atoms with Gasteiger partial charge in [0.2, 0.25) is 5.91 Å². The van der Waals surface area contributed by atoms with E-state index < -0.39 is 0 Å². The number of aryl methyl sites for hydroxylation is 1. The Morgan fingerprint density at radius 2 is 1.91 bits per heavy atom. The zero-order chi connectivity index (χ0) is 15.9. The molecule has 2 rings (SSSR count). The van der Waals surface area contributed by atoms with Crippen molar-refractivity contribution < 1.29 is 4.79 Å². The number of anilines is 1. The molecule has 0 radical (unpaired) electrons. The van der Waals surface area contributed by atoms with Crippen molar-refractivity contribution in [3.05, 3.63) is 50.1 Å². The minimum atomic E-state index is 0.0629. The van der Waals surface area contributed by atoms with Crippen LogP contribution in [0, 0.1) is 0 Å². The summed E-state index contributed by atoms with van der Waals surface area (Å²) in [6, 6.07) is 9.56. The van der Waals surface area contributed by atoms with E-state index in [2.05, 4.69) is 5.32 Å². The van der Waals surface area contributed by atoms with Gasteiger partial charge in [-0.15, -0.1) is 11.3 Å². The molecule has 3 nitrogen and oxygen atoms in total.